The van der Waals surface area contributed by atoms with Crippen LogP contribution in [0, 0.1) is 0 Å². The smallest absolute Gasteiger partial charge is 0.347 e. The van der Waals surface area contributed by atoms with Gasteiger partial charge in [-0.2, -0.15) is 0 Å². The van der Waals surface area contributed by atoms with Gasteiger partial charge in [-0.3, -0.25) is 4.79 Å². The second-order valence-electron chi connectivity index (χ2n) is 2.98. The van der Waals surface area contributed by atoms with E-state index in [-0.39, 0.29) is 16.9 Å². The molecule has 0 saturated heterocycles. The second kappa shape index (κ2) is 5.07. The van der Waals surface area contributed by atoms with Crippen LogP contribution in [0.3, 0.4) is 0 Å². The van der Waals surface area contributed by atoms with Crippen LogP contribution in [0.5, 0.6) is 5.75 Å². The molecule has 1 aromatic carbocycles. The van der Waals surface area contributed by atoms with Crippen LogP contribution >= 0.6 is 0 Å². The molecule has 0 radical (unpaired) electrons. The van der Waals surface area contributed by atoms with E-state index in [9.17, 15) is 14.4 Å². The van der Waals surface area contributed by atoms with E-state index in [2.05, 4.69) is 17.9 Å². The van der Waals surface area contributed by atoms with Crippen molar-refractivity contribution in [1.29, 1.82) is 0 Å². The number of ether oxygens (including phenoxy) is 2. The SMILES string of the molecule is C=C.CC(=O)Oc1ccc2c(c1)C(=O)OC2=O. The fourth-order valence-electron chi connectivity index (χ4n) is 1.29. The predicted octanol–water partition coefficient (Wildman–Crippen LogP) is 1.72. The van der Waals surface area contributed by atoms with Gasteiger partial charge in [-0.1, -0.05) is 0 Å². The van der Waals surface area contributed by atoms with Gasteiger partial charge in [0.2, 0.25) is 0 Å². The summed E-state index contributed by atoms with van der Waals surface area (Å²) in [5.74, 6) is -1.67. The van der Waals surface area contributed by atoms with Gasteiger partial charge in [0, 0.05) is 6.92 Å². The summed E-state index contributed by atoms with van der Waals surface area (Å²) in [6.07, 6.45) is 0. The minimum Gasteiger partial charge on any atom is -0.427 e. The van der Waals surface area contributed by atoms with Crippen molar-refractivity contribution in [2.24, 2.45) is 0 Å². The molecular weight excluding hydrogens is 224 g/mol. The van der Waals surface area contributed by atoms with E-state index in [1.807, 2.05) is 0 Å². The van der Waals surface area contributed by atoms with Gasteiger partial charge in [-0.25, -0.2) is 9.59 Å². The Hall–Kier alpha value is -2.43. The monoisotopic (exact) mass is 234 g/mol. The maximum Gasteiger partial charge on any atom is 0.347 e. The third kappa shape index (κ3) is 2.57. The van der Waals surface area contributed by atoms with Gasteiger partial charge in [0.25, 0.3) is 0 Å². The molecule has 17 heavy (non-hydrogen) atoms. The van der Waals surface area contributed by atoms with E-state index in [0.717, 1.165) is 0 Å². The van der Waals surface area contributed by atoms with Crippen LogP contribution in [0.1, 0.15) is 27.6 Å². The first-order valence-electron chi connectivity index (χ1n) is 4.67. The third-order valence-electron chi connectivity index (χ3n) is 1.88. The Labute approximate surface area is 97.6 Å². The quantitative estimate of drug-likeness (QED) is 0.320. The molecule has 0 amide bonds. The molecule has 0 atom stereocenters. The van der Waals surface area contributed by atoms with E-state index < -0.39 is 17.9 Å². The molecule has 2 rings (SSSR count). The summed E-state index contributed by atoms with van der Waals surface area (Å²) in [7, 11) is 0. The van der Waals surface area contributed by atoms with E-state index in [0.29, 0.717) is 0 Å². The van der Waals surface area contributed by atoms with Crippen molar-refractivity contribution in [3.63, 3.8) is 0 Å². The highest BCUT2D eigenvalue weighted by Crippen LogP contribution is 2.24. The minimum atomic E-state index is -0.719. The molecule has 0 saturated carbocycles. The summed E-state index contributed by atoms with van der Waals surface area (Å²) < 4.78 is 9.14. The van der Waals surface area contributed by atoms with Gasteiger partial charge in [0.05, 0.1) is 11.1 Å². The van der Waals surface area contributed by atoms with Crippen molar-refractivity contribution in [2.75, 3.05) is 0 Å². The Morgan fingerprint density at radius 1 is 1.18 bits per heavy atom. The molecule has 0 unspecified atom stereocenters. The topological polar surface area (TPSA) is 69.7 Å². The van der Waals surface area contributed by atoms with Gasteiger partial charge in [0.1, 0.15) is 5.75 Å². The lowest BCUT2D eigenvalue weighted by atomic mass is 10.1. The van der Waals surface area contributed by atoms with Gasteiger partial charge < -0.3 is 9.47 Å². The van der Waals surface area contributed by atoms with Crippen LogP contribution in [-0.4, -0.2) is 17.9 Å². The number of benzene rings is 1. The van der Waals surface area contributed by atoms with Crippen molar-refractivity contribution in [3.05, 3.63) is 42.5 Å². The largest absolute Gasteiger partial charge is 0.427 e. The van der Waals surface area contributed by atoms with Gasteiger partial charge in [0.15, 0.2) is 0 Å². The number of esters is 3. The number of hydrogen-bond donors (Lipinski definition) is 0. The average molecular weight is 234 g/mol. The predicted molar refractivity (Wildman–Crippen MR) is 58.8 cm³/mol. The molecule has 0 bridgehead atoms. The fraction of sp³-hybridized carbons (Fsp3) is 0.0833. The first kappa shape index (κ1) is 12.6. The number of carbonyl (C=O) groups is 3. The molecule has 5 nitrogen and oxygen atoms in total. The van der Waals surface area contributed by atoms with Crippen LogP contribution in [-0.2, 0) is 9.53 Å². The lowest BCUT2D eigenvalue weighted by Gasteiger charge is -2.00. The summed E-state index contributed by atoms with van der Waals surface area (Å²) in [6.45, 7) is 7.25. The zero-order chi connectivity index (χ0) is 13.0. The molecule has 1 heterocycles. The maximum atomic E-state index is 11.1. The lowest BCUT2D eigenvalue weighted by Crippen LogP contribution is -2.02. The molecule has 1 aliphatic rings. The maximum absolute atomic E-state index is 11.1. The molecule has 0 aromatic heterocycles. The van der Waals surface area contributed by atoms with Crippen molar-refractivity contribution in [2.45, 2.75) is 6.92 Å². The number of rotatable bonds is 1. The van der Waals surface area contributed by atoms with Gasteiger partial charge in [-0.05, 0) is 18.2 Å². The van der Waals surface area contributed by atoms with E-state index in [1.165, 1.54) is 25.1 Å². The highest BCUT2D eigenvalue weighted by atomic mass is 16.6. The molecule has 88 valence electrons. The Kier molecular flexibility index (Phi) is 3.77. The minimum absolute atomic E-state index is 0.124. The Morgan fingerprint density at radius 2 is 1.76 bits per heavy atom. The summed E-state index contributed by atoms with van der Waals surface area (Å²) in [5.41, 5.74) is 0.314. The highest BCUT2D eigenvalue weighted by molar-refractivity contribution is 6.14. The summed E-state index contributed by atoms with van der Waals surface area (Å²) >= 11 is 0. The second-order valence-corrected chi connectivity index (χ2v) is 2.98. The van der Waals surface area contributed by atoms with Crippen molar-refractivity contribution in [3.8, 4) is 5.75 Å². The first-order chi connectivity index (χ1) is 8.08. The summed E-state index contributed by atoms with van der Waals surface area (Å²) in [4.78, 5) is 32.8. The molecular formula is C12H10O5. The Balaban J connectivity index is 0.000000686. The number of fused-ring (bicyclic) bond motifs is 1. The molecule has 0 fully saturated rings. The van der Waals surface area contributed by atoms with Crippen LogP contribution in [0.25, 0.3) is 0 Å². The summed E-state index contributed by atoms with van der Waals surface area (Å²) in [6, 6.07) is 4.13. The fourth-order valence-corrected chi connectivity index (χ4v) is 1.29. The molecule has 1 aromatic rings. The lowest BCUT2D eigenvalue weighted by molar-refractivity contribution is -0.131. The van der Waals surface area contributed by atoms with Crippen LogP contribution < -0.4 is 4.74 Å². The molecule has 0 aliphatic carbocycles. The van der Waals surface area contributed by atoms with Crippen molar-refractivity contribution < 1.29 is 23.9 Å². The molecule has 0 spiro atoms. The molecule has 1 aliphatic heterocycles. The number of hydrogen-bond acceptors (Lipinski definition) is 5. The zero-order valence-electron chi connectivity index (χ0n) is 9.19. The number of cyclic esters (lactones) is 2. The zero-order valence-corrected chi connectivity index (χ0v) is 9.19. The van der Waals surface area contributed by atoms with Crippen LogP contribution in [0.15, 0.2) is 31.4 Å². The Bertz CT molecular complexity index is 490. The average Bonchev–Trinajstić information content (AvgIpc) is 2.56. The van der Waals surface area contributed by atoms with Crippen LogP contribution in [0.4, 0.5) is 0 Å². The van der Waals surface area contributed by atoms with E-state index in [4.69, 9.17) is 4.74 Å². The normalized spacial score (nSPS) is 12.1. The Morgan fingerprint density at radius 3 is 2.35 bits per heavy atom. The van der Waals surface area contributed by atoms with E-state index >= 15 is 0 Å². The highest BCUT2D eigenvalue weighted by Gasteiger charge is 2.29. The third-order valence-corrected chi connectivity index (χ3v) is 1.88. The number of carbonyl (C=O) groups excluding carboxylic acids is 3. The van der Waals surface area contributed by atoms with E-state index in [1.54, 1.807) is 0 Å². The van der Waals surface area contributed by atoms with Crippen LogP contribution in [0.2, 0.25) is 0 Å². The van der Waals surface area contributed by atoms with Crippen molar-refractivity contribution in [1.82, 2.24) is 0 Å². The standard InChI is InChI=1S/C10H6O5.C2H4/c1-5(11)14-6-2-3-7-8(4-6)10(13)15-9(7)12;1-2/h2-4H,1H3;1-2H2. The summed E-state index contributed by atoms with van der Waals surface area (Å²) in [5, 5.41) is 0. The molecule has 0 N–H and O–H groups in total. The first-order valence-corrected chi connectivity index (χ1v) is 4.67. The van der Waals surface area contributed by atoms with Crippen molar-refractivity contribution >= 4 is 17.9 Å². The molecule has 5 heteroatoms. The van der Waals surface area contributed by atoms with Gasteiger partial charge in [-0.15, -0.1) is 13.2 Å². The van der Waals surface area contributed by atoms with Gasteiger partial charge >= 0.3 is 17.9 Å².